The van der Waals surface area contributed by atoms with Gasteiger partial charge in [-0.2, -0.15) is 0 Å². The average Bonchev–Trinajstić information content (AvgIpc) is 2.85. The Hall–Kier alpha value is -1.87. The van der Waals surface area contributed by atoms with Gasteiger partial charge < -0.3 is 34.2 Å². The van der Waals surface area contributed by atoms with E-state index < -0.39 is 0 Å². The molecule has 0 fully saturated rings. The predicted molar refractivity (Wildman–Crippen MR) is 130 cm³/mol. The van der Waals surface area contributed by atoms with Gasteiger partial charge in [0, 0.05) is 37.7 Å². The number of fused-ring (bicyclic) bond motifs is 1. The van der Waals surface area contributed by atoms with E-state index in [2.05, 4.69) is 4.74 Å². The first kappa shape index (κ1) is 28.4. The van der Waals surface area contributed by atoms with Crippen LogP contribution in [0, 0.1) is 0 Å². The Morgan fingerprint density at radius 2 is 1.50 bits per heavy atom. The number of hydrogen-bond acceptors (Lipinski definition) is 8. The number of esters is 1. The molecule has 1 atom stereocenters. The molecular weight excluding hydrogens is 438 g/mol. The second-order valence-electron chi connectivity index (χ2n) is 8.43. The van der Waals surface area contributed by atoms with Gasteiger partial charge in [0.05, 0.1) is 46.8 Å². The quantitative estimate of drug-likeness (QED) is 0.219. The molecule has 0 saturated carbocycles. The molecule has 2 rings (SSSR count). The van der Waals surface area contributed by atoms with Crippen molar-refractivity contribution in [3.63, 3.8) is 0 Å². The number of benzene rings is 1. The number of rotatable bonds is 20. The van der Waals surface area contributed by atoms with Gasteiger partial charge in [0.25, 0.3) is 0 Å². The molecule has 0 spiro atoms. The monoisotopic (exact) mass is 481 g/mol. The first-order chi connectivity index (χ1) is 16.7. The van der Waals surface area contributed by atoms with Gasteiger partial charge >= 0.3 is 5.97 Å². The standard InChI is InChI=1S/C26H43NO7/c1-29-26(28)9-5-4-7-14-31-18-20-32-19-17-30-13-6-2-3-8-15-33-22-10-11-25-23(21-22)24(27)12-16-34-25/h10-11,21,24H,2-9,12-20,27H2,1H3. The summed E-state index contributed by atoms with van der Waals surface area (Å²) in [5.74, 6) is 1.60. The number of carbonyl (C=O) groups is 1. The third kappa shape index (κ3) is 12.6. The first-order valence-corrected chi connectivity index (χ1v) is 12.7. The maximum atomic E-state index is 11.0. The van der Waals surface area contributed by atoms with E-state index in [1.54, 1.807) is 0 Å². The van der Waals surface area contributed by atoms with Gasteiger partial charge in [-0.25, -0.2) is 0 Å². The van der Waals surface area contributed by atoms with Crippen molar-refractivity contribution in [1.82, 2.24) is 0 Å². The van der Waals surface area contributed by atoms with Gasteiger partial charge in [-0.1, -0.05) is 12.8 Å². The first-order valence-electron chi connectivity index (χ1n) is 12.7. The van der Waals surface area contributed by atoms with E-state index in [0.717, 1.165) is 75.0 Å². The van der Waals surface area contributed by atoms with Crippen LogP contribution in [0.25, 0.3) is 0 Å². The molecule has 8 heteroatoms. The van der Waals surface area contributed by atoms with E-state index in [0.29, 0.717) is 52.7 Å². The third-order valence-electron chi connectivity index (χ3n) is 5.66. The molecule has 8 nitrogen and oxygen atoms in total. The average molecular weight is 482 g/mol. The zero-order valence-corrected chi connectivity index (χ0v) is 20.8. The molecule has 0 bridgehead atoms. The highest BCUT2D eigenvalue weighted by molar-refractivity contribution is 5.68. The second-order valence-corrected chi connectivity index (χ2v) is 8.43. The lowest BCUT2D eigenvalue weighted by atomic mass is 10.0. The zero-order chi connectivity index (χ0) is 24.3. The summed E-state index contributed by atoms with van der Waals surface area (Å²) in [4.78, 5) is 11.0. The van der Waals surface area contributed by atoms with E-state index in [-0.39, 0.29) is 12.0 Å². The molecule has 194 valence electrons. The van der Waals surface area contributed by atoms with Crippen molar-refractivity contribution >= 4 is 5.97 Å². The Kier molecular flexibility index (Phi) is 15.4. The zero-order valence-electron chi connectivity index (χ0n) is 20.8. The lowest BCUT2D eigenvalue weighted by Gasteiger charge is -2.23. The van der Waals surface area contributed by atoms with Gasteiger partial charge in [-0.15, -0.1) is 0 Å². The number of carbonyl (C=O) groups excluding carboxylic acids is 1. The molecule has 2 N–H and O–H groups in total. The second kappa shape index (κ2) is 18.5. The normalized spacial score (nSPS) is 14.9. The van der Waals surface area contributed by atoms with Gasteiger partial charge in [-0.05, 0) is 50.3 Å². The van der Waals surface area contributed by atoms with Crippen LogP contribution in [0.1, 0.15) is 69.4 Å². The van der Waals surface area contributed by atoms with Crippen molar-refractivity contribution in [3.8, 4) is 11.5 Å². The fraction of sp³-hybridized carbons (Fsp3) is 0.731. The number of nitrogens with two attached hydrogens (primary N) is 1. The van der Waals surface area contributed by atoms with E-state index >= 15 is 0 Å². The number of unbranched alkanes of at least 4 members (excludes halogenated alkanes) is 5. The van der Waals surface area contributed by atoms with Gasteiger partial charge in [0.2, 0.25) is 0 Å². The molecule has 0 amide bonds. The molecule has 1 aliphatic rings. The fourth-order valence-electron chi connectivity index (χ4n) is 3.63. The summed E-state index contributed by atoms with van der Waals surface area (Å²) in [5.41, 5.74) is 7.20. The summed E-state index contributed by atoms with van der Waals surface area (Å²) in [5, 5.41) is 0. The Labute approximate surface area is 204 Å². The molecule has 0 radical (unpaired) electrons. The molecule has 0 saturated heterocycles. The Balaban J connectivity index is 1.29. The van der Waals surface area contributed by atoms with E-state index in [1.165, 1.54) is 7.11 Å². The van der Waals surface area contributed by atoms with Crippen molar-refractivity contribution in [2.75, 3.05) is 60.0 Å². The summed E-state index contributed by atoms with van der Waals surface area (Å²) in [6, 6.07) is 5.95. The molecule has 1 aromatic rings. The highest BCUT2D eigenvalue weighted by Gasteiger charge is 2.18. The summed E-state index contributed by atoms with van der Waals surface area (Å²) in [6.45, 7) is 5.21. The van der Waals surface area contributed by atoms with Crippen molar-refractivity contribution in [3.05, 3.63) is 23.8 Å². The van der Waals surface area contributed by atoms with Crippen LogP contribution < -0.4 is 15.2 Å². The molecular formula is C26H43NO7. The molecule has 1 aromatic carbocycles. The van der Waals surface area contributed by atoms with Crippen LogP contribution >= 0.6 is 0 Å². The molecule has 34 heavy (non-hydrogen) atoms. The minimum absolute atomic E-state index is 0.0346. The lowest BCUT2D eigenvalue weighted by molar-refractivity contribution is -0.140. The van der Waals surface area contributed by atoms with Crippen LogP contribution in [0.5, 0.6) is 11.5 Å². The number of methoxy groups -OCH3 is 1. The highest BCUT2D eigenvalue weighted by Crippen LogP contribution is 2.33. The molecule has 1 heterocycles. The number of hydrogen-bond donors (Lipinski definition) is 1. The van der Waals surface area contributed by atoms with E-state index in [4.69, 9.17) is 29.4 Å². The Morgan fingerprint density at radius 3 is 2.18 bits per heavy atom. The van der Waals surface area contributed by atoms with Crippen LogP contribution in [0.2, 0.25) is 0 Å². The maximum absolute atomic E-state index is 11.0. The van der Waals surface area contributed by atoms with Crippen molar-refractivity contribution in [2.45, 2.75) is 63.8 Å². The van der Waals surface area contributed by atoms with E-state index in [1.807, 2.05) is 18.2 Å². The van der Waals surface area contributed by atoms with Gasteiger partial charge in [0.1, 0.15) is 11.5 Å². The topological polar surface area (TPSA) is 98.5 Å². The van der Waals surface area contributed by atoms with Gasteiger partial charge in [0.15, 0.2) is 0 Å². The minimum Gasteiger partial charge on any atom is -0.494 e. The SMILES string of the molecule is COC(=O)CCCCCOCCOCCOCCCCCCOc1ccc2c(c1)C(N)CCO2. The summed E-state index contributed by atoms with van der Waals surface area (Å²) < 4.78 is 32.7. The summed E-state index contributed by atoms with van der Waals surface area (Å²) >= 11 is 0. The molecule has 1 unspecified atom stereocenters. The third-order valence-corrected chi connectivity index (χ3v) is 5.66. The van der Waals surface area contributed by atoms with Crippen LogP contribution in [0.15, 0.2) is 18.2 Å². The Bertz CT molecular complexity index is 671. The highest BCUT2D eigenvalue weighted by atomic mass is 16.5. The lowest BCUT2D eigenvalue weighted by Crippen LogP contribution is -2.20. The smallest absolute Gasteiger partial charge is 0.305 e. The van der Waals surface area contributed by atoms with Crippen LogP contribution in [-0.2, 0) is 23.7 Å². The van der Waals surface area contributed by atoms with Crippen LogP contribution in [-0.4, -0.2) is 65.9 Å². The van der Waals surface area contributed by atoms with Crippen molar-refractivity contribution in [1.29, 1.82) is 0 Å². The molecule has 1 aliphatic heterocycles. The molecule has 0 aliphatic carbocycles. The van der Waals surface area contributed by atoms with Crippen molar-refractivity contribution in [2.24, 2.45) is 5.73 Å². The Morgan fingerprint density at radius 1 is 0.882 bits per heavy atom. The van der Waals surface area contributed by atoms with Crippen molar-refractivity contribution < 1.29 is 33.2 Å². The molecule has 0 aromatic heterocycles. The van der Waals surface area contributed by atoms with Gasteiger partial charge in [-0.3, -0.25) is 4.79 Å². The largest absolute Gasteiger partial charge is 0.494 e. The van der Waals surface area contributed by atoms with Crippen LogP contribution in [0.4, 0.5) is 0 Å². The van der Waals surface area contributed by atoms with E-state index in [9.17, 15) is 4.79 Å². The fourth-order valence-corrected chi connectivity index (χ4v) is 3.63. The van der Waals surface area contributed by atoms with Crippen LogP contribution in [0.3, 0.4) is 0 Å². The minimum atomic E-state index is -0.148. The number of ether oxygens (including phenoxy) is 6. The summed E-state index contributed by atoms with van der Waals surface area (Å²) in [7, 11) is 1.42. The maximum Gasteiger partial charge on any atom is 0.305 e. The summed E-state index contributed by atoms with van der Waals surface area (Å²) in [6.07, 6.45) is 8.41. The predicted octanol–water partition coefficient (Wildman–Crippen LogP) is 4.19.